The summed E-state index contributed by atoms with van der Waals surface area (Å²) in [5.41, 5.74) is 2.39. The highest BCUT2D eigenvalue weighted by Crippen LogP contribution is 2.68. The number of hydrogen-bond acceptors (Lipinski definition) is 1. The molecule has 0 heterocycles. The maximum atomic E-state index is 9.82. The molecule has 1 nitrogen and oxygen atoms in total. The number of aliphatic hydroxyl groups is 1. The normalized spacial score (nSPS) is 45.3. The average molecular weight is 401 g/mol. The molecule has 29 heavy (non-hydrogen) atoms. The third-order valence-corrected chi connectivity index (χ3v) is 10.8. The zero-order valence-corrected chi connectivity index (χ0v) is 20.1. The summed E-state index contributed by atoms with van der Waals surface area (Å²) < 4.78 is 0. The first-order valence-corrected chi connectivity index (χ1v) is 13.1. The van der Waals surface area contributed by atoms with Crippen LogP contribution in [-0.2, 0) is 0 Å². The van der Waals surface area contributed by atoms with E-state index in [9.17, 15) is 5.11 Å². The van der Waals surface area contributed by atoms with Crippen molar-refractivity contribution in [1.29, 1.82) is 0 Å². The molecule has 0 aliphatic heterocycles. The number of rotatable bonds is 6. The standard InChI is InChI=1S/C28H48O/c1-19(2)7-6-8-20(3)24-13-14-25-23-12-11-22-10-9-21(18-29)17-28(22,5)26(23)15-16-27(24,25)4/h9,19-20,22-26,29H,6-8,10-18H2,1-5H3/t20-,22?,23+,24-,25+,26+,27-,28+/m1/s1. The Kier molecular flexibility index (Phi) is 6.29. The van der Waals surface area contributed by atoms with Gasteiger partial charge in [-0.25, -0.2) is 0 Å². The summed E-state index contributed by atoms with van der Waals surface area (Å²) in [6.45, 7) is 12.9. The first-order valence-electron chi connectivity index (χ1n) is 13.1. The van der Waals surface area contributed by atoms with Crippen molar-refractivity contribution in [3.8, 4) is 0 Å². The second kappa shape index (κ2) is 8.33. The quantitative estimate of drug-likeness (QED) is 0.454. The molecular formula is C28H48O. The highest BCUT2D eigenvalue weighted by atomic mass is 16.3. The van der Waals surface area contributed by atoms with Gasteiger partial charge in [0.05, 0.1) is 6.61 Å². The van der Waals surface area contributed by atoms with Crippen LogP contribution in [0.2, 0.25) is 0 Å². The Balaban J connectivity index is 1.48. The van der Waals surface area contributed by atoms with Crippen LogP contribution in [0.25, 0.3) is 0 Å². The number of aliphatic hydroxyl groups excluding tert-OH is 1. The van der Waals surface area contributed by atoms with Crippen LogP contribution in [0.3, 0.4) is 0 Å². The molecule has 0 bridgehead atoms. The molecular weight excluding hydrogens is 352 g/mol. The van der Waals surface area contributed by atoms with Gasteiger partial charge in [0.1, 0.15) is 0 Å². The average Bonchev–Trinajstić information content (AvgIpc) is 3.04. The molecule has 4 aliphatic carbocycles. The Bertz CT molecular complexity index is 605. The van der Waals surface area contributed by atoms with Gasteiger partial charge < -0.3 is 5.11 Å². The first-order chi connectivity index (χ1) is 13.8. The summed E-state index contributed by atoms with van der Waals surface area (Å²) in [5.74, 6) is 6.44. The summed E-state index contributed by atoms with van der Waals surface area (Å²) >= 11 is 0. The molecule has 1 N–H and O–H groups in total. The second-order valence-corrected chi connectivity index (χ2v) is 12.6. The van der Waals surface area contributed by atoms with Crippen molar-refractivity contribution < 1.29 is 5.11 Å². The van der Waals surface area contributed by atoms with Gasteiger partial charge in [0, 0.05) is 0 Å². The van der Waals surface area contributed by atoms with E-state index >= 15 is 0 Å². The van der Waals surface area contributed by atoms with Gasteiger partial charge >= 0.3 is 0 Å². The fourth-order valence-electron chi connectivity index (χ4n) is 9.21. The molecule has 0 aromatic carbocycles. The van der Waals surface area contributed by atoms with Crippen molar-refractivity contribution in [3.05, 3.63) is 11.6 Å². The van der Waals surface area contributed by atoms with Crippen molar-refractivity contribution in [3.63, 3.8) is 0 Å². The van der Waals surface area contributed by atoms with Gasteiger partial charge in [0.2, 0.25) is 0 Å². The Morgan fingerprint density at radius 1 is 0.966 bits per heavy atom. The van der Waals surface area contributed by atoms with Crippen molar-refractivity contribution in [2.45, 2.75) is 105 Å². The van der Waals surface area contributed by atoms with Gasteiger partial charge in [-0.05, 0) is 109 Å². The molecule has 3 saturated carbocycles. The van der Waals surface area contributed by atoms with Gasteiger partial charge in [-0.2, -0.15) is 0 Å². The molecule has 166 valence electrons. The van der Waals surface area contributed by atoms with Gasteiger partial charge in [0.25, 0.3) is 0 Å². The predicted octanol–water partition coefficient (Wildman–Crippen LogP) is 7.64. The molecule has 1 heteroatoms. The highest BCUT2D eigenvalue weighted by Gasteiger charge is 2.60. The van der Waals surface area contributed by atoms with E-state index in [2.05, 4.69) is 40.7 Å². The molecule has 0 aromatic rings. The highest BCUT2D eigenvalue weighted by molar-refractivity contribution is 5.17. The lowest BCUT2D eigenvalue weighted by Crippen LogP contribution is -2.53. The topological polar surface area (TPSA) is 20.2 Å². The summed E-state index contributed by atoms with van der Waals surface area (Å²) in [6, 6.07) is 0. The first kappa shape index (κ1) is 21.9. The van der Waals surface area contributed by atoms with Gasteiger partial charge in [-0.15, -0.1) is 0 Å². The lowest BCUT2D eigenvalue weighted by Gasteiger charge is -2.60. The minimum Gasteiger partial charge on any atom is -0.392 e. The fourth-order valence-corrected chi connectivity index (χ4v) is 9.21. The third kappa shape index (κ3) is 3.77. The predicted molar refractivity (Wildman–Crippen MR) is 124 cm³/mol. The van der Waals surface area contributed by atoms with Crippen LogP contribution in [0.5, 0.6) is 0 Å². The minimum atomic E-state index is 0.288. The monoisotopic (exact) mass is 400 g/mol. The van der Waals surface area contributed by atoms with Crippen molar-refractivity contribution in [2.75, 3.05) is 6.61 Å². The minimum absolute atomic E-state index is 0.288. The van der Waals surface area contributed by atoms with Crippen LogP contribution in [0.1, 0.15) is 105 Å². The largest absolute Gasteiger partial charge is 0.392 e. The van der Waals surface area contributed by atoms with Crippen LogP contribution >= 0.6 is 0 Å². The lowest BCUT2D eigenvalue weighted by molar-refractivity contribution is -0.103. The van der Waals surface area contributed by atoms with Crippen LogP contribution in [-0.4, -0.2) is 11.7 Å². The Hall–Kier alpha value is -0.300. The van der Waals surface area contributed by atoms with E-state index in [0.717, 1.165) is 41.4 Å². The molecule has 0 spiro atoms. The van der Waals surface area contributed by atoms with Crippen molar-refractivity contribution in [1.82, 2.24) is 0 Å². The van der Waals surface area contributed by atoms with Crippen molar-refractivity contribution in [2.24, 2.45) is 52.3 Å². The second-order valence-electron chi connectivity index (χ2n) is 12.6. The maximum absolute atomic E-state index is 9.82. The van der Waals surface area contributed by atoms with E-state index in [1.807, 2.05) is 0 Å². The third-order valence-electron chi connectivity index (χ3n) is 10.8. The fraction of sp³-hybridized carbons (Fsp3) is 0.929. The van der Waals surface area contributed by atoms with Crippen LogP contribution in [0.15, 0.2) is 11.6 Å². The van der Waals surface area contributed by atoms with E-state index in [1.54, 1.807) is 0 Å². The van der Waals surface area contributed by atoms with E-state index in [-0.39, 0.29) is 6.61 Å². The van der Waals surface area contributed by atoms with Gasteiger partial charge in [0.15, 0.2) is 0 Å². The molecule has 1 unspecified atom stereocenters. The van der Waals surface area contributed by atoms with E-state index in [1.165, 1.54) is 76.2 Å². The Labute approximate surface area is 181 Å². The summed E-state index contributed by atoms with van der Waals surface area (Å²) in [5, 5.41) is 9.82. The SMILES string of the molecule is CC(C)CCC[C@@H](C)[C@H]1CC[C@H]2[C@@H]3CCC4CC=C(CO)C[C@]4(C)[C@H]3CC[C@]12C. The van der Waals surface area contributed by atoms with Gasteiger partial charge in [-0.1, -0.05) is 60.0 Å². The lowest BCUT2D eigenvalue weighted by atomic mass is 9.44. The Morgan fingerprint density at radius 2 is 1.72 bits per heavy atom. The van der Waals surface area contributed by atoms with Crippen LogP contribution < -0.4 is 0 Å². The van der Waals surface area contributed by atoms with Crippen molar-refractivity contribution >= 4 is 0 Å². The molecule has 0 saturated heterocycles. The van der Waals surface area contributed by atoms with Gasteiger partial charge in [-0.3, -0.25) is 0 Å². The van der Waals surface area contributed by atoms with Crippen LogP contribution in [0.4, 0.5) is 0 Å². The van der Waals surface area contributed by atoms with E-state index in [0.29, 0.717) is 10.8 Å². The molecule has 4 aliphatic rings. The number of fused-ring (bicyclic) bond motifs is 5. The molecule has 0 amide bonds. The number of allylic oxidation sites excluding steroid dienone is 1. The van der Waals surface area contributed by atoms with E-state index in [4.69, 9.17) is 0 Å². The molecule has 0 aromatic heterocycles. The Morgan fingerprint density at radius 3 is 2.45 bits per heavy atom. The van der Waals surface area contributed by atoms with E-state index < -0.39 is 0 Å². The van der Waals surface area contributed by atoms with Crippen LogP contribution in [0, 0.1) is 52.3 Å². The molecule has 3 fully saturated rings. The summed E-state index contributed by atoms with van der Waals surface area (Å²) in [7, 11) is 0. The zero-order chi connectivity index (χ0) is 20.8. The molecule has 8 atom stereocenters. The number of hydrogen-bond donors (Lipinski definition) is 1. The molecule has 0 radical (unpaired) electrons. The maximum Gasteiger partial charge on any atom is 0.0641 e. The summed E-state index contributed by atoms with van der Waals surface area (Å²) in [4.78, 5) is 0. The molecule has 4 rings (SSSR count). The zero-order valence-electron chi connectivity index (χ0n) is 20.1. The summed E-state index contributed by atoms with van der Waals surface area (Å²) in [6.07, 6.45) is 17.9. The smallest absolute Gasteiger partial charge is 0.0641 e.